The van der Waals surface area contributed by atoms with Gasteiger partial charge in [0.2, 0.25) is 10.0 Å². The van der Waals surface area contributed by atoms with Crippen LogP contribution < -0.4 is 0 Å². The Morgan fingerprint density at radius 1 is 1.50 bits per heavy atom. The Morgan fingerprint density at radius 3 is 2.83 bits per heavy atom. The second-order valence-electron chi connectivity index (χ2n) is 5.86. The second kappa shape index (κ2) is 7.79. The molecule has 1 fully saturated rings. The molecule has 0 spiro atoms. The maximum absolute atomic E-state index is 12.8. The average Bonchev–Trinajstić information content (AvgIpc) is 2.46. The summed E-state index contributed by atoms with van der Waals surface area (Å²) in [6.07, 6.45) is -0.370. The Labute approximate surface area is 146 Å². The lowest BCUT2D eigenvalue weighted by molar-refractivity contribution is -0.138. The number of benzene rings is 1. The molecular formula is C15H21ClN2O5S. The number of halogens is 1. The third kappa shape index (κ3) is 4.67. The van der Waals surface area contributed by atoms with Crippen LogP contribution in [0.3, 0.4) is 0 Å². The number of carboxylic acids is 1. The molecule has 1 saturated heterocycles. The van der Waals surface area contributed by atoms with E-state index >= 15 is 0 Å². The molecule has 1 aliphatic rings. The average molecular weight is 377 g/mol. The molecule has 2 rings (SSSR count). The van der Waals surface area contributed by atoms with Gasteiger partial charge in [0.05, 0.1) is 24.2 Å². The zero-order chi connectivity index (χ0) is 17.9. The van der Waals surface area contributed by atoms with Crippen LogP contribution in [-0.4, -0.2) is 74.6 Å². The van der Waals surface area contributed by atoms with Gasteiger partial charge in [-0.3, -0.25) is 9.69 Å². The molecule has 0 saturated carbocycles. The molecule has 9 heteroatoms. The minimum Gasteiger partial charge on any atom is -0.480 e. The second-order valence-corrected chi connectivity index (χ2v) is 8.20. The summed E-state index contributed by atoms with van der Waals surface area (Å²) >= 11 is 5.89. The lowest BCUT2D eigenvalue weighted by atomic mass is 10.2. The molecule has 0 bridgehead atoms. The summed E-state index contributed by atoms with van der Waals surface area (Å²) in [4.78, 5) is 12.5. The van der Waals surface area contributed by atoms with E-state index in [1.54, 1.807) is 31.0 Å². The molecule has 1 unspecified atom stereocenters. The minimum atomic E-state index is -3.64. The van der Waals surface area contributed by atoms with Gasteiger partial charge in [0.1, 0.15) is 0 Å². The minimum absolute atomic E-state index is 0.122. The van der Waals surface area contributed by atoms with Crippen LogP contribution in [0.5, 0.6) is 0 Å². The van der Waals surface area contributed by atoms with Crippen LogP contribution >= 0.6 is 11.6 Å². The smallest absolute Gasteiger partial charge is 0.317 e. The Bertz CT molecular complexity index is 710. The summed E-state index contributed by atoms with van der Waals surface area (Å²) in [5.74, 6) is -0.936. The van der Waals surface area contributed by atoms with E-state index in [-0.39, 0.29) is 37.2 Å². The maximum Gasteiger partial charge on any atom is 0.317 e. The maximum atomic E-state index is 12.8. The van der Waals surface area contributed by atoms with Gasteiger partial charge in [0, 0.05) is 24.7 Å². The number of hydrogen-bond donors (Lipinski definition) is 1. The van der Waals surface area contributed by atoms with Crippen molar-refractivity contribution in [3.63, 3.8) is 0 Å². The van der Waals surface area contributed by atoms with E-state index in [0.717, 1.165) is 0 Å². The van der Waals surface area contributed by atoms with Gasteiger partial charge >= 0.3 is 5.97 Å². The molecule has 134 valence electrons. The van der Waals surface area contributed by atoms with E-state index in [0.29, 0.717) is 17.1 Å². The van der Waals surface area contributed by atoms with E-state index in [1.165, 1.54) is 10.4 Å². The summed E-state index contributed by atoms with van der Waals surface area (Å²) in [6.45, 7) is 2.66. The lowest BCUT2D eigenvalue weighted by Crippen LogP contribution is -2.49. The van der Waals surface area contributed by atoms with Crippen LogP contribution in [0.25, 0.3) is 0 Å². The molecule has 24 heavy (non-hydrogen) atoms. The highest BCUT2D eigenvalue weighted by molar-refractivity contribution is 7.89. The number of nitrogens with zero attached hydrogens (tertiary/aromatic N) is 2. The van der Waals surface area contributed by atoms with Crippen LogP contribution in [-0.2, 0) is 19.6 Å². The van der Waals surface area contributed by atoms with Crippen molar-refractivity contribution in [3.05, 3.63) is 28.8 Å². The number of ether oxygens (including phenoxy) is 1. The Balaban J connectivity index is 2.11. The first-order valence-corrected chi connectivity index (χ1v) is 9.30. The molecule has 1 atom stereocenters. The van der Waals surface area contributed by atoms with Gasteiger partial charge in [-0.2, -0.15) is 4.31 Å². The Kier molecular flexibility index (Phi) is 6.22. The predicted octanol–water partition coefficient (Wildman–Crippen LogP) is 1.05. The monoisotopic (exact) mass is 376 g/mol. The van der Waals surface area contributed by atoms with E-state index < -0.39 is 16.0 Å². The number of likely N-dealkylation sites (N-methyl/N-ethyl adjacent to an activating group) is 1. The number of carbonyl (C=O) groups is 1. The number of aliphatic carboxylic acids is 1. The van der Waals surface area contributed by atoms with Gasteiger partial charge in [-0.05, 0) is 37.7 Å². The SMILES string of the molecule is Cc1cc(Cl)ccc1S(=O)(=O)N1CCOC(CN(C)CC(=O)O)C1. The Hall–Kier alpha value is -1.19. The molecule has 0 aliphatic carbocycles. The highest BCUT2D eigenvalue weighted by Gasteiger charge is 2.32. The highest BCUT2D eigenvalue weighted by Crippen LogP contribution is 2.24. The number of morpholine rings is 1. The molecule has 0 radical (unpaired) electrons. The van der Waals surface area contributed by atoms with Gasteiger partial charge in [0.15, 0.2) is 0 Å². The number of aryl methyl sites for hydroxylation is 1. The first-order chi connectivity index (χ1) is 11.2. The first kappa shape index (κ1) is 19.1. The van der Waals surface area contributed by atoms with Gasteiger partial charge in [-0.1, -0.05) is 11.6 Å². The predicted molar refractivity (Wildman–Crippen MR) is 89.8 cm³/mol. The summed E-state index contributed by atoms with van der Waals surface area (Å²) in [5, 5.41) is 9.28. The third-order valence-corrected chi connectivity index (χ3v) is 6.04. The van der Waals surface area contributed by atoms with Crippen molar-refractivity contribution < 1.29 is 23.1 Å². The van der Waals surface area contributed by atoms with Gasteiger partial charge in [-0.15, -0.1) is 0 Å². The van der Waals surface area contributed by atoms with Crippen molar-refractivity contribution in [3.8, 4) is 0 Å². The summed E-state index contributed by atoms with van der Waals surface area (Å²) in [5.41, 5.74) is 0.591. The highest BCUT2D eigenvalue weighted by atomic mass is 35.5. The topological polar surface area (TPSA) is 87.2 Å². The van der Waals surface area contributed by atoms with Crippen LogP contribution in [0, 0.1) is 6.92 Å². The van der Waals surface area contributed by atoms with Crippen molar-refractivity contribution in [1.29, 1.82) is 0 Å². The number of sulfonamides is 1. The Morgan fingerprint density at radius 2 is 2.21 bits per heavy atom. The van der Waals surface area contributed by atoms with Crippen LogP contribution in [0.1, 0.15) is 5.56 Å². The quantitative estimate of drug-likeness (QED) is 0.798. The van der Waals surface area contributed by atoms with Gasteiger partial charge < -0.3 is 9.84 Å². The molecule has 1 aliphatic heterocycles. The molecule has 0 amide bonds. The van der Waals surface area contributed by atoms with Gasteiger partial charge in [-0.25, -0.2) is 8.42 Å². The molecule has 1 heterocycles. The van der Waals surface area contributed by atoms with Crippen molar-refractivity contribution >= 4 is 27.6 Å². The fourth-order valence-corrected chi connectivity index (χ4v) is 4.59. The first-order valence-electron chi connectivity index (χ1n) is 7.48. The van der Waals surface area contributed by atoms with Gasteiger partial charge in [0.25, 0.3) is 0 Å². The third-order valence-electron chi connectivity index (χ3n) is 3.78. The van der Waals surface area contributed by atoms with E-state index in [1.807, 2.05) is 0 Å². The largest absolute Gasteiger partial charge is 0.480 e. The fraction of sp³-hybridized carbons (Fsp3) is 0.533. The van der Waals surface area contributed by atoms with Crippen LogP contribution in [0.15, 0.2) is 23.1 Å². The summed E-state index contributed by atoms with van der Waals surface area (Å²) in [6, 6.07) is 4.68. The van der Waals surface area contributed by atoms with E-state index in [4.69, 9.17) is 21.4 Å². The molecule has 1 aromatic rings. The molecule has 7 nitrogen and oxygen atoms in total. The standard InChI is InChI=1S/C15H21ClN2O5S/c1-11-7-12(16)3-4-14(11)24(21,22)18-5-6-23-13(9-18)8-17(2)10-15(19)20/h3-4,7,13H,5-6,8-10H2,1-2H3,(H,19,20). The van der Waals surface area contributed by atoms with Crippen LogP contribution in [0.4, 0.5) is 0 Å². The number of carboxylic acid groups (broad SMARTS) is 1. The lowest BCUT2D eigenvalue weighted by Gasteiger charge is -2.34. The molecule has 1 N–H and O–H groups in total. The summed E-state index contributed by atoms with van der Waals surface area (Å²) in [7, 11) is -1.98. The zero-order valence-electron chi connectivity index (χ0n) is 13.6. The zero-order valence-corrected chi connectivity index (χ0v) is 15.2. The molecule has 0 aromatic heterocycles. The fourth-order valence-electron chi connectivity index (χ4n) is 2.71. The van der Waals surface area contributed by atoms with Crippen molar-refractivity contribution in [2.45, 2.75) is 17.9 Å². The van der Waals surface area contributed by atoms with Crippen molar-refractivity contribution in [2.24, 2.45) is 0 Å². The van der Waals surface area contributed by atoms with Crippen LogP contribution in [0.2, 0.25) is 5.02 Å². The van der Waals surface area contributed by atoms with E-state index in [9.17, 15) is 13.2 Å². The number of hydrogen-bond acceptors (Lipinski definition) is 5. The molecule has 1 aromatic carbocycles. The van der Waals surface area contributed by atoms with Crippen molar-refractivity contribution in [2.75, 3.05) is 39.8 Å². The normalized spacial score (nSPS) is 19.6. The number of rotatable bonds is 6. The van der Waals surface area contributed by atoms with E-state index in [2.05, 4.69) is 0 Å². The van der Waals surface area contributed by atoms with Crippen molar-refractivity contribution in [1.82, 2.24) is 9.21 Å². The molecular weight excluding hydrogens is 356 g/mol. The summed E-state index contributed by atoms with van der Waals surface area (Å²) < 4.78 is 32.7.